The number of ether oxygens (including phenoxy) is 1. The lowest BCUT2D eigenvalue weighted by Gasteiger charge is -2.53. The van der Waals surface area contributed by atoms with Crippen LogP contribution in [0.2, 0.25) is 0 Å². The molecular formula is C30H40N4O6S. The van der Waals surface area contributed by atoms with Crippen LogP contribution < -0.4 is 16.0 Å². The minimum Gasteiger partial charge on any atom is -0.481 e. The van der Waals surface area contributed by atoms with Crippen LogP contribution in [0.25, 0.3) is 10.9 Å². The predicted octanol–water partition coefficient (Wildman–Crippen LogP) is 3.46. The molecule has 2 unspecified atom stereocenters. The fourth-order valence-corrected chi connectivity index (χ4v) is 7.94. The monoisotopic (exact) mass is 584 g/mol. The van der Waals surface area contributed by atoms with E-state index >= 15 is 0 Å². The Kier molecular flexibility index (Phi) is 8.82. The first-order chi connectivity index (χ1) is 19.6. The molecule has 4 fully saturated rings. The highest BCUT2D eigenvalue weighted by Gasteiger charge is 2.50. The van der Waals surface area contributed by atoms with Crippen LogP contribution in [-0.4, -0.2) is 70.2 Å². The molecule has 41 heavy (non-hydrogen) atoms. The average Bonchev–Trinajstić information content (AvgIpc) is 3.32. The summed E-state index contributed by atoms with van der Waals surface area (Å²) in [5.74, 6) is 0.520. The van der Waals surface area contributed by atoms with E-state index in [1.165, 1.54) is 18.2 Å². The molecule has 0 saturated heterocycles. The lowest BCUT2D eigenvalue weighted by atomic mass is 9.55. The second-order valence-electron chi connectivity index (χ2n) is 12.2. The third kappa shape index (κ3) is 6.66. The Labute approximate surface area is 244 Å². The van der Waals surface area contributed by atoms with Crippen molar-refractivity contribution in [3.05, 3.63) is 36.0 Å². The van der Waals surface area contributed by atoms with Gasteiger partial charge in [-0.2, -0.15) is 11.8 Å². The molecule has 5 N–H and O–H groups in total. The first-order valence-electron chi connectivity index (χ1n) is 14.5. The van der Waals surface area contributed by atoms with Crippen LogP contribution >= 0.6 is 11.8 Å². The molecule has 4 aliphatic rings. The third-order valence-corrected chi connectivity index (χ3v) is 9.74. The number of hydrogen-bond acceptors (Lipinski definition) is 6. The van der Waals surface area contributed by atoms with Crippen LogP contribution in [0.5, 0.6) is 0 Å². The molecule has 10 nitrogen and oxygen atoms in total. The zero-order chi connectivity index (χ0) is 29.1. The molecule has 222 valence electrons. The number of carbonyl (C=O) groups excluding carboxylic acids is 3. The van der Waals surface area contributed by atoms with Crippen molar-refractivity contribution in [1.82, 2.24) is 20.9 Å². The number of carboxylic acids is 1. The lowest BCUT2D eigenvalue weighted by Crippen LogP contribution is -2.62. The van der Waals surface area contributed by atoms with Gasteiger partial charge in [0.1, 0.15) is 17.7 Å². The van der Waals surface area contributed by atoms with E-state index in [0.717, 1.165) is 54.0 Å². The van der Waals surface area contributed by atoms with Gasteiger partial charge in [-0.3, -0.25) is 14.4 Å². The number of thioether (sulfide) groups is 1. The van der Waals surface area contributed by atoms with Crippen LogP contribution in [0.15, 0.2) is 30.5 Å². The van der Waals surface area contributed by atoms with Gasteiger partial charge < -0.3 is 30.8 Å². The summed E-state index contributed by atoms with van der Waals surface area (Å²) in [4.78, 5) is 54.3. The molecule has 0 radical (unpaired) electrons. The Morgan fingerprint density at radius 3 is 2.44 bits per heavy atom. The number of nitrogens with one attached hydrogen (secondary N) is 4. The van der Waals surface area contributed by atoms with Crippen molar-refractivity contribution in [2.45, 2.75) is 69.6 Å². The molecule has 0 aliphatic heterocycles. The number of para-hydroxylation sites is 1. The summed E-state index contributed by atoms with van der Waals surface area (Å²) in [7, 11) is 0. The van der Waals surface area contributed by atoms with Crippen LogP contribution in [0.1, 0.15) is 51.0 Å². The normalized spacial score (nSPS) is 26.6. The Bertz CT molecular complexity index is 1270. The number of carboxylic acid groups (broad SMARTS) is 1. The van der Waals surface area contributed by atoms with Gasteiger partial charge in [0.15, 0.2) is 0 Å². The Morgan fingerprint density at radius 2 is 1.78 bits per heavy atom. The van der Waals surface area contributed by atoms with Gasteiger partial charge in [0, 0.05) is 35.8 Å². The lowest BCUT2D eigenvalue weighted by molar-refractivity contribution is -0.137. The van der Waals surface area contributed by atoms with Crippen molar-refractivity contribution in [2.24, 2.45) is 23.7 Å². The van der Waals surface area contributed by atoms with Crippen molar-refractivity contribution < 1.29 is 29.0 Å². The molecule has 4 aliphatic carbocycles. The maximum atomic E-state index is 13.9. The molecule has 6 rings (SSSR count). The standard InChI is InChI=1S/C30H40N4O6S/c1-30(14-21-15-32-23-6-4-3-5-22(21)23,28(38)33-24(16-41-2)27(37)31-8-7-25(35)36)34-29(39)40-26-19-10-17-9-18(12-19)13-20(26)11-17/h3-6,15,17-20,24,26,32H,7-14,16H2,1-2H3,(H,31,37)(H,33,38)(H,34,39)(H,35,36). The SMILES string of the molecule is CSCC(NC(=O)C(C)(Cc1c[nH]c2ccccc12)NC(=O)OC1C2CC3CC(C2)CC1C3)C(=O)NCCC(=O)O. The summed E-state index contributed by atoms with van der Waals surface area (Å²) in [6, 6.07) is 6.83. The van der Waals surface area contributed by atoms with Crippen molar-refractivity contribution in [1.29, 1.82) is 0 Å². The second kappa shape index (κ2) is 12.3. The number of rotatable bonds is 12. The first-order valence-corrected chi connectivity index (χ1v) is 15.9. The van der Waals surface area contributed by atoms with Gasteiger partial charge in [-0.05, 0) is 80.6 Å². The number of fused-ring (bicyclic) bond motifs is 1. The summed E-state index contributed by atoms with van der Waals surface area (Å²) in [5.41, 5.74) is 0.339. The molecule has 1 aromatic carbocycles. The number of benzene rings is 1. The molecule has 3 amide bonds. The molecule has 0 spiro atoms. The highest BCUT2D eigenvalue weighted by molar-refractivity contribution is 7.98. The van der Waals surface area contributed by atoms with Gasteiger partial charge >= 0.3 is 12.1 Å². The highest BCUT2D eigenvalue weighted by Crippen LogP contribution is 2.54. The fourth-order valence-electron chi connectivity index (χ4n) is 7.37. The van der Waals surface area contributed by atoms with E-state index in [-0.39, 0.29) is 31.2 Å². The van der Waals surface area contributed by atoms with E-state index in [9.17, 15) is 19.2 Å². The molecule has 1 heterocycles. The van der Waals surface area contributed by atoms with Crippen LogP contribution in [-0.2, 0) is 25.5 Å². The van der Waals surface area contributed by atoms with E-state index in [1.54, 1.807) is 6.92 Å². The second-order valence-corrected chi connectivity index (χ2v) is 13.1. The highest BCUT2D eigenvalue weighted by atomic mass is 32.2. The van der Waals surface area contributed by atoms with Crippen molar-refractivity contribution in [2.75, 3.05) is 18.6 Å². The number of amides is 3. The summed E-state index contributed by atoms with van der Waals surface area (Å²) in [5, 5.41) is 18.1. The van der Waals surface area contributed by atoms with E-state index in [0.29, 0.717) is 11.8 Å². The number of aliphatic carboxylic acids is 1. The minimum atomic E-state index is -1.42. The van der Waals surface area contributed by atoms with Gasteiger partial charge in [-0.25, -0.2) is 4.79 Å². The molecular weight excluding hydrogens is 544 g/mol. The van der Waals surface area contributed by atoms with E-state index in [1.807, 2.05) is 36.7 Å². The van der Waals surface area contributed by atoms with Gasteiger partial charge in [0.25, 0.3) is 0 Å². The molecule has 2 aromatic rings. The summed E-state index contributed by atoms with van der Waals surface area (Å²) < 4.78 is 6.08. The van der Waals surface area contributed by atoms with Crippen molar-refractivity contribution in [3.8, 4) is 0 Å². The van der Waals surface area contributed by atoms with E-state index in [4.69, 9.17) is 9.84 Å². The van der Waals surface area contributed by atoms with Crippen molar-refractivity contribution >= 4 is 46.5 Å². The largest absolute Gasteiger partial charge is 0.481 e. The zero-order valence-corrected chi connectivity index (χ0v) is 24.4. The minimum absolute atomic E-state index is 0.0441. The summed E-state index contributed by atoms with van der Waals surface area (Å²) in [6.07, 6.45) is 8.56. The Morgan fingerprint density at radius 1 is 1.10 bits per heavy atom. The Balaban J connectivity index is 1.33. The number of alkyl carbamates (subject to hydrolysis) is 1. The smallest absolute Gasteiger partial charge is 0.408 e. The molecule has 4 bridgehead atoms. The maximum absolute atomic E-state index is 13.9. The Hall–Kier alpha value is -3.21. The van der Waals surface area contributed by atoms with Gasteiger partial charge in [-0.1, -0.05) is 18.2 Å². The quantitative estimate of drug-likeness (QED) is 0.256. The summed E-state index contributed by atoms with van der Waals surface area (Å²) >= 11 is 1.38. The van der Waals surface area contributed by atoms with Crippen LogP contribution in [0.3, 0.4) is 0 Å². The number of aromatic nitrogens is 1. The van der Waals surface area contributed by atoms with E-state index < -0.39 is 35.5 Å². The van der Waals surface area contributed by atoms with Crippen molar-refractivity contribution in [3.63, 3.8) is 0 Å². The molecule has 4 saturated carbocycles. The topological polar surface area (TPSA) is 150 Å². The zero-order valence-electron chi connectivity index (χ0n) is 23.6. The molecule has 11 heteroatoms. The average molecular weight is 585 g/mol. The molecule has 2 atom stereocenters. The number of aromatic amines is 1. The van der Waals surface area contributed by atoms with Gasteiger partial charge in [0.05, 0.1) is 6.42 Å². The van der Waals surface area contributed by atoms with E-state index in [2.05, 4.69) is 20.9 Å². The van der Waals surface area contributed by atoms with Crippen LogP contribution in [0, 0.1) is 23.7 Å². The number of hydrogen-bond donors (Lipinski definition) is 5. The fraction of sp³-hybridized carbons (Fsp3) is 0.600. The maximum Gasteiger partial charge on any atom is 0.408 e. The summed E-state index contributed by atoms with van der Waals surface area (Å²) in [6.45, 7) is 1.61. The number of carbonyl (C=O) groups is 4. The van der Waals surface area contributed by atoms with Crippen LogP contribution in [0.4, 0.5) is 4.79 Å². The third-order valence-electron chi connectivity index (χ3n) is 9.07. The van der Waals surface area contributed by atoms with Gasteiger partial charge in [0.2, 0.25) is 11.8 Å². The molecule has 1 aromatic heterocycles. The first kappa shape index (κ1) is 29.3. The number of H-pyrrole nitrogens is 1. The van der Waals surface area contributed by atoms with Gasteiger partial charge in [-0.15, -0.1) is 0 Å². The predicted molar refractivity (Wildman–Crippen MR) is 156 cm³/mol.